The van der Waals surface area contributed by atoms with Gasteiger partial charge in [-0.15, -0.1) is 0 Å². The SMILES string of the molecule is CCC1(CC)NC(=O)CN(CCOC(C)(C)C)C1=O. The van der Waals surface area contributed by atoms with Gasteiger partial charge in [0.1, 0.15) is 5.54 Å². The highest BCUT2D eigenvalue weighted by molar-refractivity contribution is 5.97. The van der Waals surface area contributed by atoms with Crippen molar-refractivity contribution in [3.8, 4) is 0 Å². The lowest BCUT2D eigenvalue weighted by Gasteiger charge is -2.41. The molecular weight excluding hydrogens is 244 g/mol. The number of rotatable bonds is 5. The number of hydrogen-bond acceptors (Lipinski definition) is 3. The molecule has 1 fully saturated rings. The molecule has 0 aromatic rings. The molecule has 1 rings (SSSR count). The van der Waals surface area contributed by atoms with Crippen LogP contribution in [0.4, 0.5) is 0 Å². The van der Waals surface area contributed by atoms with Crippen molar-refractivity contribution >= 4 is 11.8 Å². The third-order valence-electron chi connectivity index (χ3n) is 3.51. The van der Waals surface area contributed by atoms with Gasteiger partial charge < -0.3 is 15.0 Å². The molecule has 0 aromatic heterocycles. The Labute approximate surface area is 115 Å². The molecule has 0 atom stereocenters. The predicted molar refractivity (Wildman–Crippen MR) is 73.7 cm³/mol. The summed E-state index contributed by atoms with van der Waals surface area (Å²) in [7, 11) is 0. The van der Waals surface area contributed by atoms with Crippen LogP contribution in [0.25, 0.3) is 0 Å². The third kappa shape index (κ3) is 3.93. The van der Waals surface area contributed by atoms with Crippen LogP contribution in [0.3, 0.4) is 0 Å². The standard InChI is InChI=1S/C14H26N2O3/c1-6-14(7-2)12(18)16(10-11(17)15-14)8-9-19-13(3,4)5/h6-10H2,1-5H3,(H,15,17). The van der Waals surface area contributed by atoms with Crippen LogP contribution in [-0.4, -0.2) is 47.6 Å². The summed E-state index contributed by atoms with van der Waals surface area (Å²) in [6.07, 6.45) is 1.23. The van der Waals surface area contributed by atoms with Crippen LogP contribution in [0.15, 0.2) is 0 Å². The molecule has 0 radical (unpaired) electrons. The van der Waals surface area contributed by atoms with Crippen LogP contribution < -0.4 is 5.32 Å². The largest absolute Gasteiger partial charge is 0.374 e. The van der Waals surface area contributed by atoms with Crippen LogP contribution in [0.1, 0.15) is 47.5 Å². The topological polar surface area (TPSA) is 58.6 Å². The quantitative estimate of drug-likeness (QED) is 0.819. The van der Waals surface area contributed by atoms with E-state index in [0.717, 1.165) is 0 Å². The monoisotopic (exact) mass is 270 g/mol. The Bertz CT molecular complexity index is 343. The predicted octanol–water partition coefficient (Wildman–Crippen LogP) is 1.32. The Morgan fingerprint density at radius 3 is 2.32 bits per heavy atom. The lowest BCUT2D eigenvalue weighted by Crippen LogP contribution is -2.66. The molecule has 110 valence electrons. The van der Waals surface area contributed by atoms with E-state index in [2.05, 4.69) is 5.32 Å². The second-order valence-corrected chi connectivity index (χ2v) is 6.02. The molecule has 5 nitrogen and oxygen atoms in total. The Hall–Kier alpha value is -1.10. The first-order valence-electron chi connectivity index (χ1n) is 6.98. The molecular formula is C14H26N2O3. The van der Waals surface area contributed by atoms with Crippen LogP contribution in [0, 0.1) is 0 Å². The van der Waals surface area contributed by atoms with E-state index in [4.69, 9.17) is 4.74 Å². The second-order valence-electron chi connectivity index (χ2n) is 6.02. The van der Waals surface area contributed by atoms with Crippen LogP contribution >= 0.6 is 0 Å². The highest BCUT2D eigenvalue weighted by Gasteiger charge is 2.43. The molecule has 5 heteroatoms. The van der Waals surface area contributed by atoms with Gasteiger partial charge in [0.2, 0.25) is 11.8 Å². The number of nitrogens with one attached hydrogen (secondary N) is 1. The number of ether oxygens (including phenoxy) is 1. The van der Waals surface area contributed by atoms with Gasteiger partial charge in [-0.1, -0.05) is 13.8 Å². The number of nitrogens with zero attached hydrogens (tertiary/aromatic N) is 1. The van der Waals surface area contributed by atoms with Gasteiger partial charge in [-0.25, -0.2) is 0 Å². The van der Waals surface area contributed by atoms with Gasteiger partial charge in [0.05, 0.1) is 18.8 Å². The molecule has 0 bridgehead atoms. The van der Waals surface area contributed by atoms with Gasteiger partial charge in [-0.2, -0.15) is 0 Å². The summed E-state index contributed by atoms with van der Waals surface area (Å²) in [6, 6.07) is 0. The lowest BCUT2D eigenvalue weighted by molar-refractivity contribution is -0.151. The van der Waals surface area contributed by atoms with Crippen LogP contribution in [0.5, 0.6) is 0 Å². The molecule has 0 unspecified atom stereocenters. The Kier molecular flexibility index (Phi) is 4.96. The fraction of sp³-hybridized carbons (Fsp3) is 0.857. The Morgan fingerprint density at radius 1 is 1.26 bits per heavy atom. The van der Waals surface area contributed by atoms with E-state index in [1.54, 1.807) is 4.90 Å². The van der Waals surface area contributed by atoms with Crippen molar-refractivity contribution in [1.29, 1.82) is 0 Å². The van der Waals surface area contributed by atoms with Crippen LogP contribution in [-0.2, 0) is 14.3 Å². The smallest absolute Gasteiger partial charge is 0.248 e. The number of carbonyl (C=O) groups excluding carboxylic acids is 2. The van der Waals surface area contributed by atoms with Crippen molar-refractivity contribution in [3.63, 3.8) is 0 Å². The Balaban J connectivity index is 2.67. The summed E-state index contributed by atoms with van der Waals surface area (Å²) in [6.45, 7) is 10.8. The van der Waals surface area contributed by atoms with Crippen molar-refractivity contribution in [1.82, 2.24) is 10.2 Å². The second kappa shape index (κ2) is 5.90. The van der Waals surface area contributed by atoms with Gasteiger partial charge >= 0.3 is 0 Å². The van der Waals surface area contributed by atoms with E-state index in [0.29, 0.717) is 26.0 Å². The number of carbonyl (C=O) groups is 2. The molecule has 2 amide bonds. The minimum absolute atomic E-state index is 0.00890. The Morgan fingerprint density at radius 2 is 1.84 bits per heavy atom. The normalized spacial score (nSPS) is 19.5. The zero-order valence-corrected chi connectivity index (χ0v) is 12.7. The zero-order valence-electron chi connectivity index (χ0n) is 12.7. The van der Waals surface area contributed by atoms with Crippen LogP contribution in [0.2, 0.25) is 0 Å². The number of amides is 2. The molecule has 1 saturated heterocycles. The zero-order chi connectivity index (χ0) is 14.7. The minimum Gasteiger partial charge on any atom is -0.374 e. The maximum Gasteiger partial charge on any atom is 0.248 e. The van der Waals surface area contributed by atoms with Gasteiger partial charge in [0, 0.05) is 6.54 Å². The molecule has 0 aromatic carbocycles. The van der Waals surface area contributed by atoms with E-state index >= 15 is 0 Å². The summed E-state index contributed by atoms with van der Waals surface area (Å²) in [4.78, 5) is 25.8. The van der Waals surface area contributed by atoms with Crippen molar-refractivity contribution < 1.29 is 14.3 Å². The van der Waals surface area contributed by atoms with E-state index < -0.39 is 5.54 Å². The molecule has 1 heterocycles. The summed E-state index contributed by atoms with van der Waals surface area (Å²) >= 11 is 0. The van der Waals surface area contributed by atoms with Gasteiger partial charge in [-0.3, -0.25) is 9.59 Å². The van der Waals surface area contributed by atoms with Gasteiger partial charge in [0.25, 0.3) is 0 Å². The van der Waals surface area contributed by atoms with Gasteiger partial charge in [-0.05, 0) is 33.6 Å². The maximum absolute atomic E-state index is 12.5. The van der Waals surface area contributed by atoms with E-state index in [9.17, 15) is 9.59 Å². The summed E-state index contributed by atoms with van der Waals surface area (Å²) in [5.41, 5.74) is -0.954. The fourth-order valence-electron chi connectivity index (χ4n) is 2.28. The maximum atomic E-state index is 12.5. The molecule has 1 aliphatic heterocycles. The number of piperazine rings is 1. The number of hydrogen-bond donors (Lipinski definition) is 1. The average molecular weight is 270 g/mol. The molecule has 0 aliphatic carbocycles. The van der Waals surface area contributed by atoms with Crippen molar-refractivity contribution in [3.05, 3.63) is 0 Å². The van der Waals surface area contributed by atoms with E-state index in [-0.39, 0.29) is 24.0 Å². The first-order valence-corrected chi connectivity index (χ1v) is 6.98. The summed E-state index contributed by atoms with van der Waals surface area (Å²) in [5, 5.41) is 2.84. The molecule has 0 saturated carbocycles. The van der Waals surface area contributed by atoms with Crippen molar-refractivity contribution in [2.24, 2.45) is 0 Å². The van der Waals surface area contributed by atoms with E-state index in [1.807, 2.05) is 34.6 Å². The van der Waals surface area contributed by atoms with E-state index in [1.165, 1.54) is 0 Å². The first-order chi connectivity index (χ1) is 8.74. The first kappa shape index (κ1) is 16.0. The molecule has 1 aliphatic rings. The summed E-state index contributed by atoms with van der Waals surface area (Å²) in [5.74, 6) is -0.0753. The highest BCUT2D eigenvalue weighted by atomic mass is 16.5. The van der Waals surface area contributed by atoms with Gasteiger partial charge in [0.15, 0.2) is 0 Å². The van der Waals surface area contributed by atoms with Crippen molar-refractivity contribution in [2.75, 3.05) is 19.7 Å². The molecule has 0 spiro atoms. The lowest BCUT2D eigenvalue weighted by atomic mass is 9.89. The average Bonchev–Trinajstić information content (AvgIpc) is 2.31. The minimum atomic E-state index is -0.725. The fourth-order valence-corrected chi connectivity index (χ4v) is 2.28. The van der Waals surface area contributed by atoms with Crippen molar-refractivity contribution in [2.45, 2.75) is 58.6 Å². The molecule has 1 N–H and O–H groups in total. The summed E-state index contributed by atoms with van der Waals surface area (Å²) < 4.78 is 5.63. The molecule has 19 heavy (non-hydrogen) atoms. The third-order valence-corrected chi connectivity index (χ3v) is 3.51. The highest BCUT2D eigenvalue weighted by Crippen LogP contribution is 2.22.